The summed E-state index contributed by atoms with van der Waals surface area (Å²) in [5.74, 6) is 0. The fourth-order valence-electron chi connectivity index (χ4n) is 1.24. The number of rotatable bonds is 6. The van der Waals surface area contributed by atoms with Crippen LogP contribution in [0.2, 0.25) is 0 Å². The van der Waals surface area contributed by atoms with Crippen molar-refractivity contribution in [3.8, 4) is 0 Å². The average Bonchev–Trinajstić information content (AvgIpc) is 2.76. The van der Waals surface area contributed by atoms with Crippen LogP contribution in [0.25, 0.3) is 0 Å². The van der Waals surface area contributed by atoms with Crippen LogP contribution in [0.4, 0.5) is 0 Å². The highest BCUT2D eigenvalue weighted by atomic mass is 16.7. The first-order valence-electron chi connectivity index (χ1n) is 5.11. The summed E-state index contributed by atoms with van der Waals surface area (Å²) in [6.45, 7) is 2.01. The van der Waals surface area contributed by atoms with Gasteiger partial charge in [-0.25, -0.2) is 0 Å². The highest BCUT2D eigenvalue weighted by Crippen LogP contribution is 2.09. The molecule has 0 aromatic carbocycles. The van der Waals surface area contributed by atoms with Gasteiger partial charge in [-0.15, -0.1) is 0 Å². The van der Waals surface area contributed by atoms with Gasteiger partial charge in [0.2, 0.25) is 0 Å². The van der Waals surface area contributed by atoms with Crippen LogP contribution in [0.5, 0.6) is 0 Å². The van der Waals surface area contributed by atoms with Crippen molar-refractivity contribution >= 4 is 6.21 Å². The van der Waals surface area contributed by atoms with Crippen molar-refractivity contribution in [1.82, 2.24) is 0 Å². The summed E-state index contributed by atoms with van der Waals surface area (Å²) in [7, 11) is 0. The maximum Gasteiger partial charge on any atom is 0.157 e. The van der Waals surface area contributed by atoms with Gasteiger partial charge in [-0.05, 0) is 6.42 Å². The van der Waals surface area contributed by atoms with E-state index in [-0.39, 0.29) is 12.9 Å². The van der Waals surface area contributed by atoms with Crippen LogP contribution in [0.15, 0.2) is 16.8 Å². The Morgan fingerprint density at radius 3 is 2.80 bits per heavy atom. The predicted octanol–water partition coefficient (Wildman–Crippen LogP) is 0.0452. The molecule has 0 atom stereocenters. The van der Waals surface area contributed by atoms with Crippen molar-refractivity contribution in [2.24, 2.45) is 10.7 Å². The van der Waals surface area contributed by atoms with Gasteiger partial charge in [0, 0.05) is 31.0 Å². The zero-order valence-corrected chi connectivity index (χ0v) is 8.76. The summed E-state index contributed by atoms with van der Waals surface area (Å²) < 4.78 is 10.6. The van der Waals surface area contributed by atoms with E-state index in [0.717, 1.165) is 12.8 Å². The molecule has 15 heavy (non-hydrogen) atoms. The normalized spacial score (nSPS) is 19.1. The summed E-state index contributed by atoms with van der Waals surface area (Å²) in [5, 5.41) is 8.78. The van der Waals surface area contributed by atoms with Gasteiger partial charge in [0.1, 0.15) is 0 Å². The molecule has 3 N–H and O–H groups in total. The highest BCUT2D eigenvalue weighted by molar-refractivity contribution is 5.78. The summed E-state index contributed by atoms with van der Waals surface area (Å²) in [4.78, 5) is 4.13. The summed E-state index contributed by atoms with van der Waals surface area (Å²) in [6.07, 6.45) is 4.66. The molecule has 0 spiro atoms. The predicted molar refractivity (Wildman–Crippen MR) is 57.6 cm³/mol. The van der Waals surface area contributed by atoms with E-state index in [1.54, 1.807) is 6.21 Å². The fourth-order valence-corrected chi connectivity index (χ4v) is 1.24. The number of aliphatic hydroxyl groups excluding tert-OH is 1. The molecule has 1 fully saturated rings. The third-order valence-corrected chi connectivity index (χ3v) is 2.07. The second-order valence-electron chi connectivity index (χ2n) is 3.25. The maximum atomic E-state index is 8.78. The third-order valence-electron chi connectivity index (χ3n) is 2.07. The van der Waals surface area contributed by atoms with E-state index in [0.29, 0.717) is 25.3 Å². The lowest BCUT2D eigenvalue weighted by molar-refractivity contribution is -0.0472. The number of nitrogens with two attached hydrogens (primary N) is 1. The van der Waals surface area contributed by atoms with Gasteiger partial charge in [-0.3, -0.25) is 4.99 Å². The largest absolute Gasteiger partial charge is 0.404 e. The summed E-state index contributed by atoms with van der Waals surface area (Å²) in [6, 6.07) is 0. The quantitative estimate of drug-likeness (QED) is 0.483. The average molecular weight is 214 g/mol. The first-order chi connectivity index (χ1) is 7.36. The van der Waals surface area contributed by atoms with Crippen LogP contribution in [-0.2, 0) is 9.47 Å². The van der Waals surface area contributed by atoms with Gasteiger partial charge in [-0.1, -0.05) is 0 Å². The Balaban J connectivity index is 2.05. The molecule has 1 aliphatic rings. The Labute approximate surface area is 89.6 Å². The Hall–Kier alpha value is -0.910. The lowest BCUT2D eigenvalue weighted by Crippen LogP contribution is -2.07. The van der Waals surface area contributed by atoms with Crippen molar-refractivity contribution in [3.63, 3.8) is 0 Å². The van der Waals surface area contributed by atoms with Crippen LogP contribution in [0.1, 0.15) is 12.8 Å². The number of aliphatic imine (C=N–C) groups is 1. The second-order valence-corrected chi connectivity index (χ2v) is 3.25. The van der Waals surface area contributed by atoms with Crippen LogP contribution >= 0.6 is 0 Å². The first kappa shape index (κ1) is 12.2. The number of hydrogen-bond donors (Lipinski definition) is 2. The Kier molecular flexibility index (Phi) is 5.99. The molecule has 1 aliphatic heterocycles. The molecule has 0 aliphatic carbocycles. The van der Waals surface area contributed by atoms with Gasteiger partial charge in [0.15, 0.2) is 6.29 Å². The molecule has 1 heterocycles. The molecule has 86 valence electrons. The summed E-state index contributed by atoms with van der Waals surface area (Å²) in [5.41, 5.74) is 5.87. The molecule has 5 nitrogen and oxygen atoms in total. The fraction of sp³-hybridized carbons (Fsp3) is 0.700. The van der Waals surface area contributed by atoms with Gasteiger partial charge >= 0.3 is 0 Å². The molecule has 0 saturated carbocycles. The van der Waals surface area contributed by atoms with Crippen molar-refractivity contribution in [2.75, 3.05) is 26.4 Å². The van der Waals surface area contributed by atoms with Crippen LogP contribution in [0, 0.1) is 0 Å². The van der Waals surface area contributed by atoms with E-state index in [1.165, 1.54) is 6.20 Å². The molecular formula is C10H18N2O3. The topological polar surface area (TPSA) is 77.1 Å². The molecule has 0 radical (unpaired) electrons. The lowest BCUT2D eigenvalue weighted by Gasteiger charge is -2.06. The number of nitrogens with zero attached hydrogens (tertiary/aromatic N) is 1. The third kappa shape index (κ3) is 4.92. The number of ether oxygens (including phenoxy) is 2. The Morgan fingerprint density at radius 2 is 2.20 bits per heavy atom. The van der Waals surface area contributed by atoms with E-state index in [9.17, 15) is 0 Å². The monoisotopic (exact) mass is 214 g/mol. The molecule has 5 heteroatoms. The minimum Gasteiger partial charge on any atom is -0.404 e. The minimum atomic E-state index is -0.0746. The van der Waals surface area contributed by atoms with Gasteiger partial charge in [0.25, 0.3) is 0 Å². The highest BCUT2D eigenvalue weighted by Gasteiger charge is 2.14. The zero-order chi connectivity index (χ0) is 10.9. The maximum absolute atomic E-state index is 8.78. The van der Waals surface area contributed by atoms with E-state index in [1.807, 2.05) is 0 Å². The van der Waals surface area contributed by atoms with Crippen molar-refractivity contribution in [2.45, 2.75) is 19.1 Å². The van der Waals surface area contributed by atoms with Gasteiger partial charge in [0.05, 0.1) is 19.8 Å². The van der Waals surface area contributed by atoms with E-state index < -0.39 is 0 Å². The first-order valence-corrected chi connectivity index (χ1v) is 5.11. The van der Waals surface area contributed by atoms with Crippen LogP contribution < -0.4 is 5.73 Å². The molecule has 0 unspecified atom stereocenters. The molecule has 0 aromatic heterocycles. The molecule has 1 saturated heterocycles. The van der Waals surface area contributed by atoms with E-state index >= 15 is 0 Å². The molecule has 0 amide bonds. The molecular weight excluding hydrogens is 196 g/mol. The van der Waals surface area contributed by atoms with Gasteiger partial charge in [-0.2, -0.15) is 0 Å². The molecule has 0 aromatic rings. The van der Waals surface area contributed by atoms with Crippen LogP contribution in [0.3, 0.4) is 0 Å². The zero-order valence-electron chi connectivity index (χ0n) is 8.76. The second kappa shape index (κ2) is 7.39. The molecule has 0 bridgehead atoms. The SMILES string of the molecule is NC=C(C=NCCCC1OCCO1)CO. The lowest BCUT2D eigenvalue weighted by atomic mass is 10.3. The minimum absolute atomic E-state index is 0.0532. The van der Waals surface area contributed by atoms with Crippen molar-refractivity contribution in [1.29, 1.82) is 0 Å². The molecule has 1 rings (SSSR count). The number of hydrogen-bond acceptors (Lipinski definition) is 5. The Morgan fingerprint density at radius 1 is 1.47 bits per heavy atom. The standard InChI is InChI=1S/C10H18N2O3/c11-6-9(8-13)7-12-3-1-2-10-14-4-5-15-10/h6-7,10,13H,1-5,8,11H2. The van der Waals surface area contributed by atoms with E-state index in [2.05, 4.69) is 4.99 Å². The smallest absolute Gasteiger partial charge is 0.157 e. The Bertz CT molecular complexity index is 223. The van der Waals surface area contributed by atoms with Crippen molar-refractivity contribution in [3.05, 3.63) is 11.8 Å². The van der Waals surface area contributed by atoms with E-state index in [4.69, 9.17) is 20.3 Å². The summed E-state index contributed by atoms with van der Waals surface area (Å²) >= 11 is 0. The van der Waals surface area contributed by atoms with Crippen molar-refractivity contribution < 1.29 is 14.6 Å². The number of aliphatic hydroxyl groups is 1. The van der Waals surface area contributed by atoms with Crippen LogP contribution in [-0.4, -0.2) is 44.0 Å². The van der Waals surface area contributed by atoms with Gasteiger partial charge < -0.3 is 20.3 Å².